The number of aliphatic hydroxyl groups is 1. The van der Waals surface area contributed by atoms with Gasteiger partial charge in [0.25, 0.3) is 10.2 Å². The number of thioether (sulfide) groups is 1. The number of ether oxygens (including phenoxy) is 3. The Labute approximate surface area is 183 Å². The Morgan fingerprint density at radius 3 is 2.39 bits per heavy atom. The molecule has 0 aromatic rings. The molecule has 5 atom stereocenters. The van der Waals surface area contributed by atoms with E-state index in [1.807, 2.05) is 6.92 Å². The van der Waals surface area contributed by atoms with Gasteiger partial charge in [0, 0.05) is 36.1 Å². The molecule has 1 unspecified atom stereocenters. The Bertz CT molecular complexity index is 914. The number of nitrogens with two attached hydrogens (primary N) is 1. The zero-order valence-electron chi connectivity index (χ0n) is 17.4. The maximum atomic E-state index is 12.9. The zero-order valence-corrected chi connectivity index (χ0v) is 19.0. The summed E-state index contributed by atoms with van der Waals surface area (Å²) < 4.78 is 38.2. The second-order valence-electron chi connectivity index (χ2n) is 7.61. The summed E-state index contributed by atoms with van der Waals surface area (Å²) in [5.41, 5.74) is 0.0128. The molecule has 0 spiro atoms. The summed E-state index contributed by atoms with van der Waals surface area (Å²) >= 11 is 1.28. The van der Waals surface area contributed by atoms with E-state index < -0.39 is 52.6 Å². The lowest BCUT2D eigenvalue weighted by atomic mass is 9.79. The number of nitrogens with zero attached hydrogens (tertiary/aromatic N) is 2. The molecule has 0 saturated carbocycles. The number of carbonyl (C=O) groups excluding carboxylic acids is 3. The van der Waals surface area contributed by atoms with E-state index >= 15 is 0 Å². The summed E-state index contributed by atoms with van der Waals surface area (Å²) in [7, 11) is -2.68. The lowest BCUT2D eigenvalue weighted by molar-refractivity contribution is -0.173. The maximum Gasteiger partial charge on any atom is 0.511 e. The van der Waals surface area contributed by atoms with Crippen LogP contribution in [0.1, 0.15) is 20.8 Å². The third kappa shape index (κ3) is 4.39. The highest BCUT2D eigenvalue weighted by molar-refractivity contribution is 8.04. The molecule has 0 aromatic heterocycles. The Morgan fingerprint density at radius 2 is 1.87 bits per heavy atom. The van der Waals surface area contributed by atoms with Gasteiger partial charge in [0.05, 0.1) is 25.2 Å². The third-order valence-corrected chi connectivity index (χ3v) is 7.94. The average molecular weight is 480 g/mol. The Balaban J connectivity index is 1.82. The predicted octanol–water partition coefficient (Wildman–Crippen LogP) is -0.651. The average Bonchev–Trinajstić information content (AvgIpc) is 2.84. The first kappa shape index (κ1) is 23.8. The summed E-state index contributed by atoms with van der Waals surface area (Å²) in [6, 6.07) is -0.427. The van der Waals surface area contributed by atoms with Crippen LogP contribution in [0.4, 0.5) is 4.79 Å². The highest BCUT2D eigenvalue weighted by Gasteiger charge is 2.60. The van der Waals surface area contributed by atoms with Gasteiger partial charge in [0.2, 0.25) is 12.2 Å². The minimum Gasteiger partial charge on any atom is -0.438 e. The van der Waals surface area contributed by atoms with E-state index in [4.69, 9.17) is 14.6 Å². The highest BCUT2D eigenvalue weighted by Crippen LogP contribution is 2.52. The van der Waals surface area contributed by atoms with Crippen LogP contribution in [0.3, 0.4) is 0 Å². The van der Waals surface area contributed by atoms with Crippen LogP contribution >= 0.6 is 11.8 Å². The Kier molecular flexibility index (Phi) is 6.58. The molecular weight excluding hydrogens is 454 g/mol. The largest absolute Gasteiger partial charge is 0.511 e. The topological polar surface area (TPSA) is 166 Å². The summed E-state index contributed by atoms with van der Waals surface area (Å²) in [5, 5.41) is 15.0. The number of aliphatic hydroxyl groups excluding tert-OH is 1. The Hall–Kier alpha value is -1.87. The van der Waals surface area contributed by atoms with Gasteiger partial charge in [-0.2, -0.15) is 12.7 Å². The summed E-state index contributed by atoms with van der Waals surface area (Å²) in [6.45, 7) is 5.00. The van der Waals surface area contributed by atoms with Crippen LogP contribution < -0.4 is 5.14 Å². The first-order valence-electron chi connectivity index (χ1n) is 9.52. The number of hydrogen-bond acceptors (Lipinski definition) is 10. The minimum atomic E-state index is -3.79. The zero-order chi connectivity index (χ0) is 23.2. The fourth-order valence-corrected chi connectivity index (χ4v) is 6.43. The van der Waals surface area contributed by atoms with Gasteiger partial charge in [-0.05, 0) is 6.92 Å². The normalized spacial score (nSPS) is 28.4. The van der Waals surface area contributed by atoms with Crippen molar-refractivity contribution < 1.29 is 42.1 Å². The van der Waals surface area contributed by atoms with Gasteiger partial charge in [0.1, 0.15) is 5.70 Å². The number of esters is 1. The number of rotatable bonds is 7. The molecule has 0 radical (unpaired) electrons. The SMILES string of the molecule is COC(=O)OC(C)OC(=O)C1=C(SC2CN(S(N)(=O)=O)C2)[C@H](C)[C@@H]2[C@@H]([C@@H](C)O)C(=O)N12. The predicted molar refractivity (Wildman–Crippen MR) is 107 cm³/mol. The van der Waals surface area contributed by atoms with Gasteiger partial charge in [-0.3, -0.25) is 4.79 Å². The second-order valence-corrected chi connectivity index (χ2v) is 10.5. The molecule has 174 valence electrons. The fraction of sp³-hybridized carbons (Fsp3) is 0.706. The van der Waals surface area contributed by atoms with Crippen molar-refractivity contribution >= 4 is 40.0 Å². The van der Waals surface area contributed by atoms with Crippen LogP contribution in [-0.4, -0.2) is 84.6 Å². The molecule has 3 heterocycles. The van der Waals surface area contributed by atoms with Crippen LogP contribution in [-0.2, 0) is 34.0 Å². The quantitative estimate of drug-likeness (QED) is 0.272. The number of hydrogen-bond donors (Lipinski definition) is 2. The van der Waals surface area contributed by atoms with Crippen LogP contribution in [0.15, 0.2) is 10.6 Å². The lowest BCUT2D eigenvalue weighted by Crippen LogP contribution is -2.63. The van der Waals surface area contributed by atoms with Crippen LogP contribution in [0, 0.1) is 11.8 Å². The van der Waals surface area contributed by atoms with Gasteiger partial charge in [-0.25, -0.2) is 14.7 Å². The lowest BCUT2D eigenvalue weighted by Gasteiger charge is -2.46. The van der Waals surface area contributed by atoms with Crippen molar-refractivity contribution in [2.45, 2.75) is 44.5 Å². The number of carbonyl (C=O) groups is 3. The minimum absolute atomic E-state index is 0.0128. The first-order chi connectivity index (χ1) is 14.4. The number of β-lactam (4-membered cyclic amide) rings is 1. The van der Waals surface area contributed by atoms with Crippen molar-refractivity contribution in [3.05, 3.63) is 10.6 Å². The first-order valence-corrected chi connectivity index (χ1v) is 11.9. The molecule has 14 heteroatoms. The summed E-state index contributed by atoms with van der Waals surface area (Å²) in [4.78, 5) is 38.6. The number of amides is 1. The molecule has 3 rings (SSSR count). The summed E-state index contributed by atoms with van der Waals surface area (Å²) in [5.74, 6) is -2.23. The van der Waals surface area contributed by atoms with Crippen molar-refractivity contribution in [2.75, 3.05) is 20.2 Å². The van der Waals surface area contributed by atoms with E-state index in [0.29, 0.717) is 4.91 Å². The number of fused-ring (bicyclic) bond motifs is 1. The van der Waals surface area contributed by atoms with Crippen molar-refractivity contribution in [1.82, 2.24) is 9.21 Å². The smallest absolute Gasteiger partial charge is 0.438 e. The van der Waals surface area contributed by atoms with E-state index in [-0.39, 0.29) is 30.0 Å². The van der Waals surface area contributed by atoms with Gasteiger partial charge in [0.15, 0.2) is 0 Å². The van der Waals surface area contributed by atoms with Gasteiger partial charge in [-0.1, -0.05) is 6.92 Å². The standard InChI is InChI=1S/C17H25N3O9S2/c1-7-12-11(8(2)21)15(22)20(12)13(16(23)28-9(3)29-17(24)27-4)14(7)30-10-5-19(6-10)31(18,25)26/h7-12,21H,5-6H2,1-4H3,(H2,18,25,26)/t7-,8-,9?,11-,12-/m1/s1. The van der Waals surface area contributed by atoms with Gasteiger partial charge < -0.3 is 24.2 Å². The van der Waals surface area contributed by atoms with E-state index in [2.05, 4.69) is 4.74 Å². The molecule has 3 N–H and O–H groups in total. The Morgan fingerprint density at radius 1 is 1.26 bits per heavy atom. The van der Waals surface area contributed by atoms with Crippen LogP contribution in [0.5, 0.6) is 0 Å². The maximum absolute atomic E-state index is 12.9. The summed E-state index contributed by atoms with van der Waals surface area (Å²) in [6.07, 6.45) is -3.20. The molecule has 1 amide bonds. The second kappa shape index (κ2) is 8.58. The third-order valence-electron chi connectivity index (χ3n) is 5.47. The monoisotopic (exact) mass is 479 g/mol. The molecule has 31 heavy (non-hydrogen) atoms. The van der Waals surface area contributed by atoms with Gasteiger partial charge >= 0.3 is 12.1 Å². The van der Waals surface area contributed by atoms with E-state index in [1.54, 1.807) is 0 Å². The van der Waals surface area contributed by atoms with Crippen molar-refractivity contribution in [1.29, 1.82) is 0 Å². The van der Waals surface area contributed by atoms with Gasteiger partial charge in [-0.15, -0.1) is 11.8 Å². The van der Waals surface area contributed by atoms with E-state index in [0.717, 1.165) is 11.4 Å². The molecule has 3 aliphatic heterocycles. The molecular formula is C17H25N3O9S2. The number of methoxy groups -OCH3 is 1. The van der Waals surface area contributed by atoms with Crippen LogP contribution in [0.2, 0.25) is 0 Å². The van der Waals surface area contributed by atoms with E-state index in [9.17, 15) is 27.9 Å². The van der Waals surface area contributed by atoms with Crippen molar-refractivity contribution in [2.24, 2.45) is 17.0 Å². The fourth-order valence-electron chi connectivity index (χ4n) is 3.95. The van der Waals surface area contributed by atoms with Crippen molar-refractivity contribution in [3.63, 3.8) is 0 Å². The van der Waals surface area contributed by atoms with Crippen molar-refractivity contribution in [3.8, 4) is 0 Å². The molecule has 0 aromatic carbocycles. The van der Waals surface area contributed by atoms with Crippen LogP contribution in [0.25, 0.3) is 0 Å². The molecule has 0 bridgehead atoms. The molecule has 2 fully saturated rings. The molecule has 12 nitrogen and oxygen atoms in total. The van der Waals surface area contributed by atoms with E-state index in [1.165, 1.54) is 30.5 Å². The highest BCUT2D eigenvalue weighted by atomic mass is 32.2. The molecule has 0 aliphatic carbocycles. The molecule has 2 saturated heterocycles. The molecule has 3 aliphatic rings.